The average molecular weight is 348 g/mol. The normalized spacial score (nSPS) is 12.2. The molecule has 0 saturated carbocycles. The molecule has 3 nitrogen and oxygen atoms in total. The van der Waals surface area contributed by atoms with Gasteiger partial charge in [0.05, 0.1) is 6.04 Å². The topological polar surface area (TPSA) is 40.7 Å². The number of aromatic nitrogens is 2. The Balaban J connectivity index is 1.89. The van der Waals surface area contributed by atoms with Crippen molar-refractivity contribution in [3.05, 3.63) is 94.8 Å². The number of fused-ring (bicyclic) bond motifs is 1. The Bertz CT molecular complexity index is 1010. The van der Waals surface area contributed by atoms with Gasteiger partial charge in [0.15, 0.2) is 0 Å². The van der Waals surface area contributed by atoms with Crippen LogP contribution in [-0.4, -0.2) is 9.97 Å². The zero-order valence-corrected chi connectivity index (χ0v) is 14.6. The van der Waals surface area contributed by atoms with Crippen LogP contribution in [0.5, 0.6) is 0 Å². The zero-order chi connectivity index (χ0) is 17.2. The minimum absolute atomic E-state index is 0.0512. The van der Waals surface area contributed by atoms with Crippen LogP contribution >= 0.6 is 11.6 Å². The average Bonchev–Trinajstić information content (AvgIpc) is 2.96. The maximum atomic E-state index is 6.26. The van der Waals surface area contributed by atoms with Gasteiger partial charge >= 0.3 is 0 Å². The van der Waals surface area contributed by atoms with Gasteiger partial charge in [-0.2, -0.15) is 0 Å². The molecule has 2 aromatic heterocycles. The molecule has 2 N–H and O–H groups in total. The molecule has 0 radical (unpaired) electrons. The summed E-state index contributed by atoms with van der Waals surface area (Å²) in [7, 11) is 0. The first-order valence-electron chi connectivity index (χ1n) is 8.22. The monoisotopic (exact) mass is 347 g/mol. The number of pyridine rings is 1. The highest BCUT2D eigenvalue weighted by molar-refractivity contribution is 6.30. The molecule has 0 fully saturated rings. The van der Waals surface area contributed by atoms with E-state index in [0.717, 1.165) is 27.6 Å². The molecule has 0 aliphatic heterocycles. The molecule has 4 heteroatoms. The highest BCUT2D eigenvalue weighted by atomic mass is 35.5. The Kier molecular flexibility index (Phi) is 4.16. The van der Waals surface area contributed by atoms with Crippen LogP contribution in [0.3, 0.4) is 0 Å². The van der Waals surface area contributed by atoms with Gasteiger partial charge in [-0.05, 0) is 42.8 Å². The van der Waals surface area contributed by atoms with Gasteiger partial charge in [0.25, 0.3) is 0 Å². The number of aromatic amines is 1. The number of halogens is 1. The number of anilines is 1. The first kappa shape index (κ1) is 15.7. The second-order valence-electron chi connectivity index (χ2n) is 6.06. The molecule has 25 heavy (non-hydrogen) atoms. The molecule has 124 valence electrons. The van der Waals surface area contributed by atoms with Crippen LogP contribution in [0.1, 0.15) is 22.9 Å². The summed E-state index contributed by atoms with van der Waals surface area (Å²) in [5.74, 6) is 0.831. The smallest absolute Gasteiger partial charge is 0.126 e. The van der Waals surface area contributed by atoms with E-state index in [1.807, 2.05) is 42.5 Å². The molecule has 0 spiro atoms. The van der Waals surface area contributed by atoms with Crippen molar-refractivity contribution in [1.82, 2.24) is 9.97 Å². The summed E-state index contributed by atoms with van der Waals surface area (Å²) in [6.07, 6.45) is 1.79. The van der Waals surface area contributed by atoms with E-state index in [9.17, 15) is 0 Å². The van der Waals surface area contributed by atoms with Gasteiger partial charge in [0, 0.05) is 33.4 Å². The first-order chi connectivity index (χ1) is 12.2. The van der Waals surface area contributed by atoms with E-state index in [1.54, 1.807) is 6.20 Å². The predicted molar refractivity (Wildman–Crippen MR) is 104 cm³/mol. The van der Waals surface area contributed by atoms with Crippen molar-refractivity contribution in [2.45, 2.75) is 13.0 Å². The van der Waals surface area contributed by atoms with Crippen molar-refractivity contribution in [2.75, 3.05) is 5.32 Å². The second-order valence-corrected chi connectivity index (χ2v) is 6.49. The van der Waals surface area contributed by atoms with Gasteiger partial charge < -0.3 is 10.3 Å². The summed E-state index contributed by atoms with van der Waals surface area (Å²) in [6.45, 7) is 2.10. The van der Waals surface area contributed by atoms with Crippen LogP contribution in [0.15, 0.2) is 72.9 Å². The van der Waals surface area contributed by atoms with E-state index in [-0.39, 0.29) is 6.04 Å². The molecule has 0 saturated heterocycles. The van der Waals surface area contributed by atoms with Gasteiger partial charge in [-0.25, -0.2) is 4.98 Å². The number of nitrogens with one attached hydrogen (secondary N) is 2. The lowest BCUT2D eigenvalue weighted by Crippen LogP contribution is -2.14. The third-order valence-electron chi connectivity index (χ3n) is 4.37. The van der Waals surface area contributed by atoms with Gasteiger partial charge in [0.2, 0.25) is 0 Å². The maximum Gasteiger partial charge on any atom is 0.126 e. The van der Waals surface area contributed by atoms with Crippen LogP contribution in [0.4, 0.5) is 5.82 Å². The zero-order valence-electron chi connectivity index (χ0n) is 13.8. The summed E-state index contributed by atoms with van der Waals surface area (Å²) < 4.78 is 0. The van der Waals surface area contributed by atoms with Crippen molar-refractivity contribution in [2.24, 2.45) is 0 Å². The Morgan fingerprint density at radius 3 is 2.64 bits per heavy atom. The number of para-hydroxylation sites is 1. The number of hydrogen-bond acceptors (Lipinski definition) is 2. The number of nitrogens with zero attached hydrogens (tertiary/aromatic N) is 1. The molecule has 2 heterocycles. The highest BCUT2D eigenvalue weighted by Crippen LogP contribution is 2.34. The standard InChI is InChI=1S/C21H18ClN3/c1-14-20(17-9-2-3-10-18(17)24-14)21(15-7-6-8-16(22)13-15)25-19-11-4-5-12-23-19/h2-13,21,24H,1H3,(H,23,25)/t21-/m1/s1. The van der Waals surface area contributed by atoms with Gasteiger partial charge in [-0.3, -0.25) is 0 Å². The summed E-state index contributed by atoms with van der Waals surface area (Å²) in [5, 5.41) is 5.50. The third kappa shape index (κ3) is 3.11. The quantitative estimate of drug-likeness (QED) is 0.495. The molecule has 0 aliphatic carbocycles. The number of aryl methyl sites for hydroxylation is 1. The Hall–Kier alpha value is -2.78. The summed E-state index contributed by atoms with van der Waals surface area (Å²) >= 11 is 6.26. The van der Waals surface area contributed by atoms with Crippen LogP contribution in [0.2, 0.25) is 5.02 Å². The van der Waals surface area contributed by atoms with E-state index < -0.39 is 0 Å². The lowest BCUT2D eigenvalue weighted by molar-refractivity contribution is 0.922. The second kappa shape index (κ2) is 6.61. The SMILES string of the molecule is Cc1[nH]c2ccccc2c1[C@H](Nc1ccccn1)c1cccc(Cl)c1. The van der Waals surface area contributed by atoms with E-state index in [0.29, 0.717) is 0 Å². The molecular weight excluding hydrogens is 330 g/mol. The van der Waals surface area contributed by atoms with Crippen molar-refractivity contribution in [3.8, 4) is 0 Å². The predicted octanol–water partition coefficient (Wildman–Crippen LogP) is 5.73. The lowest BCUT2D eigenvalue weighted by Gasteiger charge is -2.21. The van der Waals surface area contributed by atoms with Crippen molar-refractivity contribution >= 4 is 28.3 Å². The molecule has 2 aromatic carbocycles. The molecule has 0 bridgehead atoms. The molecule has 0 aliphatic rings. The Morgan fingerprint density at radius 2 is 1.84 bits per heavy atom. The molecule has 4 rings (SSSR count). The van der Waals surface area contributed by atoms with Gasteiger partial charge in [-0.15, -0.1) is 0 Å². The maximum absolute atomic E-state index is 6.26. The number of H-pyrrole nitrogens is 1. The van der Waals surface area contributed by atoms with E-state index in [4.69, 9.17) is 11.6 Å². The Morgan fingerprint density at radius 1 is 1.00 bits per heavy atom. The molecule has 0 unspecified atom stereocenters. The lowest BCUT2D eigenvalue weighted by atomic mass is 9.96. The minimum atomic E-state index is -0.0512. The fourth-order valence-corrected chi connectivity index (χ4v) is 3.47. The van der Waals surface area contributed by atoms with Crippen LogP contribution < -0.4 is 5.32 Å². The van der Waals surface area contributed by atoms with Crippen molar-refractivity contribution in [1.29, 1.82) is 0 Å². The molecular formula is C21H18ClN3. The fraction of sp³-hybridized carbons (Fsp3) is 0.0952. The molecule has 4 aromatic rings. The summed E-state index contributed by atoms with van der Waals surface area (Å²) in [6, 6.07) is 22.1. The number of rotatable bonds is 4. The molecule has 1 atom stereocenters. The van der Waals surface area contributed by atoms with Crippen molar-refractivity contribution in [3.63, 3.8) is 0 Å². The summed E-state index contributed by atoms with van der Waals surface area (Å²) in [4.78, 5) is 7.92. The number of benzene rings is 2. The largest absolute Gasteiger partial charge is 0.359 e. The molecule has 0 amide bonds. The van der Waals surface area contributed by atoms with Crippen LogP contribution in [0, 0.1) is 6.92 Å². The van der Waals surface area contributed by atoms with Crippen LogP contribution in [0.25, 0.3) is 10.9 Å². The highest BCUT2D eigenvalue weighted by Gasteiger charge is 2.21. The Labute approximate surface area is 151 Å². The first-order valence-corrected chi connectivity index (χ1v) is 8.60. The van der Waals surface area contributed by atoms with Crippen molar-refractivity contribution < 1.29 is 0 Å². The van der Waals surface area contributed by atoms with Crippen LogP contribution in [-0.2, 0) is 0 Å². The summed E-state index contributed by atoms with van der Waals surface area (Å²) in [5.41, 5.74) is 4.58. The van der Waals surface area contributed by atoms with E-state index in [2.05, 4.69) is 46.5 Å². The van der Waals surface area contributed by atoms with Gasteiger partial charge in [-0.1, -0.05) is 48.0 Å². The minimum Gasteiger partial charge on any atom is -0.359 e. The van der Waals surface area contributed by atoms with E-state index in [1.165, 1.54) is 10.9 Å². The fourth-order valence-electron chi connectivity index (χ4n) is 3.27. The third-order valence-corrected chi connectivity index (χ3v) is 4.61. The number of hydrogen-bond donors (Lipinski definition) is 2. The van der Waals surface area contributed by atoms with E-state index >= 15 is 0 Å². The van der Waals surface area contributed by atoms with Gasteiger partial charge in [0.1, 0.15) is 5.82 Å².